The Bertz CT molecular complexity index is 930. The van der Waals surface area contributed by atoms with Gasteiger partial charge in [0.25, 0.3) is 5.56 Å². The zero-order valence-electron chi connectivity index (χ0n) is 17.6. The van der Waals surface area contributed by atoms with Gasteiger partial charge in [-0.25, -0.2) is 9.78 Å². The van der Waals surface area contributed by atoms with Gasteiger partial charge in [0, 0.05) is 13.1 Å². The number of nitrogens with zero attached hydrogens (tertiary/aromatic N) is 3. The number of rotatable bonds is 6. The summed E-state index contributed by atoms with van der Waals surface area (Å²) in [6.07, 6.45) is 3.60. The number of aromatic nitrogens is 2. The van der Waals surface area contributed by atoms with Crippen LogP contribution in [0.15, 0.2) is 23.0 Å². The van der Waals surface area contributed by atoms with Crippen molar-refractivity contribution in [1.82, 2.24) is 19.8 Å². The van der Waals surface area contributed by atoms with Crippen LogP contribution in [0.1, 0.15) is 35.4 Å². The van der Waals surface area contributed by atoms with Gasteiger partial charge >= 0.3 is 5.97 Å². The number of piperidine rings is 1. The number of esters is 1. The summed E-state index contributed by atoms with van der Waals surface area (Å²) in [5.41, 5.74) is 0.749. The van der Waals surface area contributed by atoms with Crippen molar-refractivity contribution in [2.24, 2.45) is 5.92 Å². The van der Waals surface area contributed by atoms with E-state index in [-0.39, 0.29) is 5.56 Å². The largest absolute Gasteiger partial charge is 0.465 e. The summed E-state index contributed by atoms with van der Waals surface area (Å²) in [7, 11) is 1.34. The first-order valence-electron chi connectivity index (χ1n) is 10.8. The molecule has 0 bridgehead atoms. The van der Waals surface area contributed by atoms with Crippen LogP contribution < -0.4 is 5.56 Å². The molecule has 162 valence electrons. The molecule has 1 aromatic carbocycles. The highest BCUT2D eigenvalue weighted by Crippen LogP contribution is 2.22. The second kappa shape index (κ2) is 9.68. The van der Waals surface area contributed by atoms with Crippen LogP contribution in [-0.2, 0) is 16.0 Å². The van der Waals surface area contributed by atoms with E-state index in [1.165, 1.54) is 26.4 Å². The van der Waals surface area contributed by atoms with Crippen molar-refractivity contribution in [1.29, 1.82) is 0 Å². The smallest absolute Gasteiger partial charge is 0.337 e. The van der Waals surface area contributed by atoms with Crippen molar-refractivity contribution in [3.05, 3.63) is 39.9 Å². The number of benzene rings is 1. The van der Waals surface area contributed by atoms with Gasteiger partial charge in [-0.15, -0.1) is 0 Å². The first-order chi connectivity index (χ1) is 14.6. The number of hydrogen-bond acceptors (Lipinski definition) is 7. The number of nitrogens with one attached hydrogen (secondary N) is 1. The Morgan fingerprint density at radius 1 is 1.20 bits per heavy atom. The van der Waals surface area contributed by atoms with Crippen LogP contribution in [0.4, 0.5) is 0 Å². The molecule has 1 N–H and O–H groups in total. The number of morpholine rings is 1. The number of fused-ring (bicyclic) bond motifs is 1. The molecule has 0 saturated carbocycles. The molecule has 0 atom stereocenters. The van der Waals surface area contributed by atoms with Gasteiger partial charge in [0.1, 0.15) is 5.82 Å². The molecular weight excluding hydrogens is 384 g/mol. The van der Waals surface area contributed by atoms with Crippen LogP contribution in [0.5, 0.6) is 0 Å². The van der Waals surface area contributed by atoms with Gasteiger partial charge in [0.2, 0.25) is 0 Å². The third-order valence-corrected chi connectivity index (χ3v) is 6.21. The molecule has 1 aromatic heterocycles. The average Bonchev–Trinajstić information content (AvgIpc) is 2.78. The normalized spacial score (nSPS) is 19.2. The van der Waals surface area contributed by atoms with Crippen molar-refractivity contribution in [2.45, 2.75) is 25.8 Å². The van der Waals surface area contributed by atoms with Gasteiger partial charge in [-0.1, -0.05) is 0 Å². The summed E-state index contributed by atoms with van der Waals surface area (Å²) >= 11 is 0. The topological polar surface area (TPSA) is 87.8 Å². The van der Waals surface area contributed by atoms with E-state index in [2.05, 4.69) is 19.8 Å². The van der Waals surface area contributed by atoms with E-state index in [0.717, 1.165) is 51.9 Å². The van der Waals surface area contributed by atoms with Gasteiger partial charge in [0.15, 0.2) is 0 Å². The lowest BCUT2D eigenvalue weighted by atomic mass is 9.93. The number of ether oxygens (including phenoxy) is 2. The Morgan fingerprint density at radius 3 is 2.70 bits per heavy atom. The minimum Gasteiger partial charge on any atom is -0.465 e. The number of methoxy groups -OCH3 is 1. The number of likely N-dealkylation sites (tertiary alicyclic amines) is 1. The summed E-state index contributed by atoms with van der Waals surface area (Å²) in [4.78, 5) is 36.6. The fourth-order valence-electron chi connectivity index (χ4n) is 4.34. The quantitative estimate of drug-likeness (QED) is 0.719. The summed E-state index contributed by atoms with van der Waals surface area (Å²) < 4.78 is 10.2. The molecule has 2 fully saturated rings. The number of carbonyl (C=O) groups excluding carboxylic acids is 1. The first kappa shape index (κ1) is 21.0. The van der Waals surface area contributed by atoms with Crippen LogP contribution in [0.2, 0.25) is 0 Å². The Balaban J connectivity index is 1.34. The molecule has 0 radical (unpaired) electrons. The molecule has 3 heterocycles. The predicted octanol–water partition coefficient (Wildman–Crippen LogP) is 1.64. The van der Waals surface area contributed by atoms with Crippen LogP contribution in [0, 0.1) is 5.92 Å². The monoisotopic (exact) mass is 414 g/mol. The van der Waals surface area contributed by atoms with Crippen LogP contribution in [-0.4, -0.2) is 78.8 Å². The number of H-pyrrole nitrogens is 1. The van der Waals surface area contributed by atoms with E-state index in [1.807, 2.05) is 0 Å². The molecule has 0 amide bonds. The van der Waals surface area contributed by atoms with E-state index >= 15 is 0 Å². The highest BCUT2D eigenvalue weighted by molar-refractivity contribution is 5.93. The molecule has 2 aliphatic rings. The standard InChI is InChI=1S/C22H30N4O4/c1-29-22(28)17-2-3-18-19(14-17)23-20(24-21(18)27)15-26-8-5-16(6-9-26)4-7-25-10-12-30-13-11-25/h2-3,14,16H,4-13,15H2,1H3,(H,23,24,27). The highest BCUT2D eigenvalue weighted by atomic mass is 16.5. The molecule has 4 rings (SSSR count). The van der Waals surface area contributed by atoms with Crippen molar-refractivity contribution in [3.63, 3.8) is 0 Å². The Kier molecular flexibility index (Phi) is 6.76. The molecule has 2 saturated heterocycles. The highest BCUT2D eigenvalue weighted by Gasteiger charge is 2.21. The summed E-state index contributed by atoms with van der Waals surface area (Å²) in [5.74, 6) is 0.969. The summed E-state index contributed by atoms with van der Waals surface area (Å²) in [6.45, 7) is 7.62. The molecule has 0 aliphatic carbocycles. The van der Waals surface area contributed by atoms with Gasteiger partial charge in [-0.05, 0) is 63.0 Å². The Hall–Kier alpha value is -2.29. The maximum absolute atomic E-state index is 12.4. The Labute approximate surface area is 176 Å². The Morgan fingerprint density at radius 2 is 1.97 bits per heavy atom. The van der Waals surface area contributed by atoms with E-state index in [4.69, 9.17) is 9.47 Å². The maximum atomic E-state index is 12.4. The third kappa shape index (κ3) is 5.06. The average molecular weight is 415 g/mol. The molecule has 0 unspecified atom stereocenters. The number of aromatic amines is 1. The lowest BCUT2D eigenvalue weighted by Gasteiger charge is -2.33. The van der Waals surface area contributed by atoms with Crippen LogP contribution >= 0.6 is 0 Å². The third-order valence-electron chi connectivity index (χ3n) is 6.21. The molecule has 8 heteroatoms. The molecule has 2 aliphatic heterocycles. The van der Waals surface area contributed by atoms with E-state index in [1.54, 1.807) is 18.2 Å². The second-order valence-electron chi connectivity index (χ2n) is 8.20. The van der Waals surface area contributed by atoms with Gasteiger partial charge in [-0.3, -0.25) is 14.6 Å². The fraction of sp³-hybridized carbons (Fsp3) is 0.591. The summed E-state index contributed by atoms with van der Waals surface area (Å²) in [5, 5.41) is 0.480. The fourth-order valence-corrected chi connectivity index (χ4v) is 4.34. The molecule has 30 heavy (non-hydrogen) atoms. The molecule has 0 spiro atoms. The van der Waals surface area contributed by atoms with Crippen LogP contribution in [0.3, 0.4) is 0 Å². The van der Waals surface area contributed by atoms with Crippen molar-refractivity contribution in [2.75, 3.05) is 53.0 Å². The van der Waals surface area contributed by atoms with Crippen molar-refractivity contribution >= 4 is 16.9 Å². The molecule has 8 nitrogen and oxygen atoms in total. The van der Waals surface area contributed by atoms with Crippen LogP contribution in [0.25, 0.3) is 10.9 Å². The minimum atomic E-state index is -0.431. The lowest BCUT2D eigenvalue weighted by molar-refractivity contribution is 0.0334. The minimum absolute atomic E-state index is 0.174. The SMILES string of the molecule is COC(=O)c1ccc2c(=O)[nH]c(CN3CCC(CCN4CCOCC4)CC3)nc2c1. The molecular formula is C22H30N4O4. The maximum Gasteiger partial charge on any atom is 0.337 e. The molecule has 2 aromatic rings. The van der Waals surface area contributed by atoms with E-state index in [0.29, 0.717) is 28.8 Å². The van der Waals surface area contributed by atoms with Gasteiger partial charge < -0.3 is 14.5 Å². The summed E-state index contributed by atoms with van der Waals surface area (Å²) in [6, 6.07) is 4.83. The lowest BCUT2D eigenvalue weighted by Crippen LogP contribution is -2.39. The van der Waals surface area contributed by atoms with Crippen molar-refractivity contribution in [3.8, 4) is 0 Å². The van der Waals surface area contributed by atoms with Gasteiger partial charge in [-0.2, -0.15) is 0 Å². The zero-order chi connectivity index (χ0) is 20.9. The van der Waals surface area contributed by atoms with E-state index < -0.39 is 5.97 Å². The number of carbonyl (C=O) groups is 1. The van der Waals surface area contributed by atoms with Crippen molar-refractivity contribution < 1.29 is 14.3 Å². The predicted molar refractivity (Wildman–Crippen MR) is 114 cm³/mol. The zero-order valence-corrected chi connectivity index (χ0v) is 17.6. The number of hydrogen-bond donors (Lipinski definition) is 1. The first-order valence-corrected chi connectivity index (χ1v) is 10.8. The van der Waals surface area contributed by atoms with Gasteiger partial charge in [0.05, 0.1) is 43.3 Å². The second-order valence-corrected chi connectivity index (χ2v) is 8.20. The van der Waals surface area contributed by atoms with E-state index in [9.17, 15) is 9.59 Å².